The Kier molecular flexibility index (Phi) is 5.31. The van der Waals surface area contributed by atoms with Gasteiger partial charge in [-0.05, 0) is 38.1 Å². The molecule has 0 aliphatic heterocycles. The largest absolute Gasteiger partial charge is 0.384 e. The summed E-state index contributed by atoms with van der Waals surface area (Å²) in [6, 6.07) is 12.1. The first-order valence-electron chi connectivity index (χ1n) is 8.61. The molecule has 0 amide bonds. The van der Waals surface area contributed by atoms with Gasteiger partial charge in [0, 0.05) is 25.0 Å². The first kappa shape index (κ1) is 17.4. The highest BCUT2D eigenvalue weighted by Gasteiger charge is 2.11. The predicted octanol–water partition coefficient (Wildman–Crippen LogP) is 2.11. The molecule has 0 bridgehead atoms. The van der Waals surface area contributed by atoms with E-state index in [1.165, 1.54) is 5.56 Å². The van der Waals surface area contributed by atoms with Crippen molar-refractivity contribution in [3.63, 3.8) is 0 Å². The lowest BCUT2D eigenvalue weighted by Crippen LogP contribution is -2.30. The molecule has 3 rings (SSSR count). The zero-order chi connectivity index (χ0) is 17.8. The standard InChI is InChI=1S/C19H26N6/c1-24(13-16(20)14-7-4-3-5-8-14)10-6-9-17-19-15(11-18(21)23-17)12-22-25(19)2/h3-5,7-8,11-12,16H,6,9-10,13,20H2,1-2H3,(H2,21,23). The Balaban J connectivity index is 1.57. The zero-order valence-corrected chi connectivity index (χ0v) is 14.9. The van der Waals surface area contributed by atoms with Crippen LogP contribution in [0.3, 0.4) is 0 Å². The normalized spacial score (nSPS) is 12.8. The number of benzene rings is 1. The highest BCUT2D eigenvalue weighted by Crippen LogP contribution is 2.20. The van der Waals surface area contributed by atoms with Crippen LogP contribution in [0.1, 0.15) is 23.7 Å². The van der Waals surface area contributed by atoms with Crippen LogP contribution in [0.25, 0.3) is 10.9 Å². The fraction of sp³-hybridized carbons (Fsp3) is 0.368. The molecule has 0 aliphatic carbocycles. The molecule has 132 valence electrons. The number of fused-ring (bicyclic) bond motifs is 1. The van der Waals surface area contributed by atoms with Crippen LogP contribution < -0.4 is 11.5 Å². The van der Waals surface area contributed by atoms with Gasteiger partial charge in [0.1, 0.15) is 5.82 Å². The molecule has 4 N–H and O–H groups in total. The van der Waals surface area contributed by atoms with E-state index in [2.05, 4.69) is 34.2 Å². The Hall–Kier alpha value is -2.44. The monoisotopic (exact) mass is 338 g/mol. The summed E-state index contributed by atoms with van der Waals surface area (Å²) in [4.78, 5) is 6.78. The SMILES string of the molecule is CN(CCCc1nc(N)cc2cnn(C)c12)CC(N)c1ccccc1. The van der Waals surface area contributed by atoms with Crippen molar-refractivity contribution in [3.05, 3.63) is 53.9 Å². The van der Waals surface area contributed by atoms with E-state index >= 15 is 0 Å². The Morgan fingerprint density at radius 2 is 2.00 bits per heavy atom. The van der Waals surface area contributed by atoms with Gasteiger partial charge in [0.15, 0.2) is 0 Å². The molecule has 0 saturated carbocycles. The number of likely N-dealkylation sites (N-methyl/N-ethyl adjacent to an activating group) is 1. The fourth-order valence-corrected chi connectivity index (χ4v) is 3.24. The van der Waals surface area contributed by atoms with Gasteiger partial charge in [-0.3, -0.25) is 4.68 Å². The van der Waals surface area contributed by atoms with Crippen LogP contribution >= 0.6 is 0 Å². The molecule has 0 aliphatic rings. The summed E-state index contributed by atoms with van der Waals surface area (Å²) in [6.07, 6.45) is 3.70. The molecular weight excluding hydrogens is 312 g/mol. The zero-order valence-electron chi connectivity index (χ0n) is 14.9. The summed E-state index contributed by atoms with van der Waals surface area (Å²) >= 11 is 0. The number of pyridine rings is 1. The maximum absolute atomic E-state index is 6.30. The summed E-state index contributed by atoms with van der Waals surface area (Å²) in [6.45, 7) is 1.78. The van der Waals surface area contributed by atoms with Gasteiger partial charge >= 0.3 is 0 Å². The minimum absolute atomic E-state index is 0.0282. The molecule has 0 fully saturated rings. The quantitative estimate of drug-likeness (QED) is 0.689. The molecule has 1 unspecified atom stereocenters. The minimum atomic E-state index is 0.0282. The second-order valence-corrected chi connectivity index (χ2v) is 6.58. The predicted molar refractivity (Wildman–Crippen MR) is 102 cm³/mol. The van der Waals surface area contributed by atoms with Gasteiger partial charge < -0.3 is 16.4 Å². The van der Waals surface area contributed by atoms with Crippen LogP contribution in [0, 0.1) is 0 Å². The number of aromatic nitrogens is 3. The van der Waals surface area contributed by atoms with Gasteiger partial charge in [0.25, 0.3) is 0 Å². The number of anilines is 1. The van der Waals surface area contributed by atoms with Crippen molar-refractivity contribution in [2.45, 2.75) is 18.9 Å². The number of nitrogens with zero attached hydrogens (tertiary/aromatic N) is 4. The fourth-order valence-electron chi connectivity index (χ4n) is 3.24. The molecular formula is C19H26N6. The van der Waals surface area contributed by atoms with E-state index in [4.69, 9.17) is 11.5 Å². The van der Waals surface area contributed by atoms with Crippen LogP contribution in [-0.2, 0) is 13.5 Å². The Morgan fingerprint density at radius 1 is 1.24 bits per heavy atom. The highest BCUT2D eigenvalue weighted by atomic mass is 15.3. The summed E-state index contributed by atoms with van der Waals surface area (Å²) in [5.74, 6) is 0.551. The number of nitrogen functional groups attached to an aromatic ring is 1. The van der Waals surface area contributed by atoms with Gasteiger partial charge in [0.2, 0.25) is 0 Å². The first-order chi connectivity index (χ1) is 12.0. The van der Waals surface area contributed by atoms with Crippen molar-refractivity contribution in [1.29, 1.82) is 0 Å². The molecule has 0 spiro atoms. The van der Waals surface area contributed by atoms with Gasteiger partial charge in [0.05, 0.1) is 17.4 Å². The highest BCUT2D eigenvalue weighted by molar-refractivity contribution is 5.82. The second-order valence-electron chi connectivity index (χ2n) is 6.58. The van der Waals surface area contributed by atoms with Gasteiger partial charge in [-0.25, -0.2) is 4.98 Å². The van der Waals surface area contributed by atoms with Crippen molar-refractivity contribution in [2.24, 2.45) is 12.8 Å². The summed E-state index contributed by atoms with van der Waals surface area (Å²) in [7, 11) is 4.05. The summed E-state index contributed by atoms with van der Waals surface area (Å²) in [5, 5.41) is 5.35. The molecule has 1 aromatic carbocycles. The van der Waals surface area contributed by atoms with Gasteiger partial charge in [-0.1, -0.05) is 30.3 Å². The van der Waals surface area contributed by atoms with E-state index in [-0.39, 0.29) is 6.04 Å². The maximum atomic E-state index is 6.30. The molecule has 2 heterocycles. The molecule has 25 heavy (non-hydrogen) atoms. The number of nitrogens with two attached hydrogens (primary N) is 2. The van der Waals surface area contributed by atoms with E-state index in [0.29, 0.717) is 5.82 Å². The lowest BCUT2D eigenvalue weighted by molar-refractivity contribution is 0.308. The molecule has 2 aromatic heterocycles. The van der Waals surface area contributed by atoms with E-state index in [1.54, 1.807) is 0 Å². The topological polar surface area (TPSA) is 86.0 Å². The van der Waals surface area contributed by atoms with Gasteiger partial charge in [-0.15, -0.1) is 0 Å². The van der Waals surface area contributed by atoms with Crippen LogP contribution in [0.4, 0.5) is 5.82 Å². The first-order valence-corrected chi connectivity index (χ1v) is 8.61. The third-order valence-electron chi connectivity index (χ3n) is 4.50. The molecule has 6 heteroatoms. The average Bonchev–Trinajstić information content (AvgIpc) is 2.96. The number of rotatable bonds is 7. The average molecular weight is 338 g/mol. The van der Waals surface area contributed by atoms with E-state index in [9.17, 15) is 0 Å². The Labute approximate surface area is 148 Å². The molecule has 3 aromatic rings. The van der Waals surface area contributed by atoms with Gasteiger partial charge in [-0.2, -0.15) is 5.10 Å². The second kappa shape index (κ2) is 7.63. The smallest absolute Gasteiger partial charge is 0.124 e. The maximum Gasteiger partial charge on any atom is 0.124 e. The number of hydrogen-bond acceptors (Lipinski definition) is 5. The third-order valence-corrected chi connectivity index (χ3v) is 4.50. The molecule has 1 atom stereocenters. The van der Waals surface area contributed by atoms with E-state index < -0.39 is 0 Å². The van der Waals surface area contributed by atoms with Crippen LogP contribution in [-0.4, -0.2) is 39.8 Å². The molecule has 6 nitrogen and oxygen atoms in total. The van der Waals surface area contributed by atoms with E-state index in [1.807, 2.05) is 42.2 Å². The van der Waals surface area contributed by atoms with E-state index in [0.717, 1.165) is 42.5 Å². The molecule has 0 saturated heterocycles. The Morgan fingerprint density at radius 3 is 2.76 bits per heavy atom. The number of aryl methyl sites for hydroxylation is 2. The lowest BCUT2D eigenvalue weighted by atomic mass is 10.1. The van der Waals surface area contributed by atoms with Crippen LogP contribution in [0.5, 0.6) is 0 Å². The van der Waals surface area contributed by atoms with Crippen molar-refractivity contribution in [3.8, 4) is 0 Å². The summed E-state index contributed by atoms with van der Waals surface area (Å²) in [5.41, 5.74) is 15.5. The lowest BCUT2D eigenvalue weighted by Gasteiger charge is -2.21. The minimum Gasteiger partial charge on any atom is -0.384 e. The molecule has 0 radical (unpaired) electrons. The van der Waals surface area contributed by atoms with Crippen molar-refractivity contribution < 1.29 is 0 Å². The summed E-state index contributed by atoms with van der Waals surface area (Å²) < 4.78 is 1.87. The third kappa shape index (κ3) is 4.15. The number of hydrogen-bond donors (Lipinski definition) is 2. The van der Waals surface area contributed by atoms with Crippen LogP contribution in [0.15, 0.2) is 42.6 Å². The van der Waals surface area contributed by atoms with Crippen molar-refractivity contribution in [1.82, 2.24) is 19.7 Å². The Bertz CT molecular complexity index is 827. The van der Waals surface area contributed by atoms with Crippen molar-refractivity contribution in [2.75, 3.05) is 25.9 Å². The van der Waals surface area contributed by atoms with Crippen LogP contribution in [0.2, 0.25) is 0 Å². The van der Waals surface area contributed by atoms with Crippen molar-refractivity contribution >= 4 is 16.7 Å².